The maximum atomic E-state index is 12.6. The minimum Gasteiger partial charge on any atom is -0.493 e. The number of alkyl halides is 3. The number of carboxylic acid groups (broad SMARTS) is 1. The number of rotatable bonds is 8. The fourth-order valence-corrected chi connectivity index (χ4v) is 2.76. The zero-order valence-corrected chi connectivity index (χ0v) is 16.9. The summed E-state index contributed by atoms with van der Waals surface area (Å²) >= 11 is 0. The molecule has 3 aromatic rings. The van der Waals surface area contributed by atoms with Crippen molar-refractivity contribution in [2.45, 2.75) is 6.18 Å². The Morgan fingerprint density at radius 2 is 1.69 bits per heavy atom. The van der Waals surface area contributed by atoms with Gasteiger partial charge >= 0.3 is 12.1 Å². The summed E-state index contributed by atoms with van der Waals surface area (Å²) in [6.07, 6.45) is -1.03. The Hall–Kier alpha value is -3.94. The molecule has 0 heterocycles. The van der Waals surface area contributed by atoms with Gasteiger partial charge in [0.25, 0.3) is 0 Å². The Kier molecular flexibility index (Phi) is 7.04. The molecule has 3 rings (SSSR count). The van der Waals surface area contributed by atoms with E-state index in [-0.39, 0.29) is 17.9 Å². The minimum absolute atomic E-state index is 0.0570. The van der Waals surface area contributed by atoms with Crippen molar-refractivity contribution < 1.29 is 37.3 Å². The van der Waals surface area contributed by atoms with E-state index in [9.17, 15) is 18.0 Å². The highest BCUT2D eigenvalue weighted by Gasteiger charge is 2.29. The third-order valence-electron chi connectivity index (χ3n) is 4.34. The lowest BCUT2D eigenvalue weighted by molar-refractivity contribution is -0.137. The van der Waals surface area contributed by atoms with Crippen LogP contribution in [0.5, 0.6) is 23.0 Å². The van der Waals surface area contributed by atoms with E-state index in [0.717, 1.165) is 12.1 Å². The molecule has 0 radical (unpaired) electrons. The molecule has 0 atom stereocenters. The molecule has 0 amide bonds. The van der Waals surface area contributed by atoms with Crippen LogP contribution in [0.3, 0.4) is 0 Å². The first kappa shape index (κ1) is 22.7. The van der Waals surface area contributed by atoms with Crippen LogP contribution < -0.4 is 14.2 Å². The monoisotopic (exact) mass is 444 g/mol. The first-order valence-electron chi connectivity index (χ1n) is 9.42. The van der Waals surface area contributed by atoms with E-state index in [0.29, 0.717) is 22.8 Å². The van der Waals surface area contributed by atoms with Gasteiger partial charge < -0.3 is 19.3 Å². The first-order chi connectivity index (χ1) is 15.3. The molecule has 0 aromatic heterocycles. The third-order valence-corrected chi connectivity index (χ3v) is 4.34. The molecule has 3 aromatic carbocycles. The molecule has 0 aliphatic carbocycles. The smallest absolute Gasteiger partial charge is 0.416 e. The SMILES string of the molecule is COc1ccc(C(=O)O)cc1Oc1cccc(OC/C=C/c2ccc(C(F)(F)F)cc2)c1. The van der Waals surface area contributed by atoms with Crippen LogP contribution in [0, 0.1) is 0 Å². The molecule has 0 aliphatic heterocycles. The Morgan fingerprint density at radius 3 is 2.34 bits per heavy atom. The quantitative estimate of drug-likeness (QED) is 0.442. The van der Waals surface area contributed by atoms with Gasteiger partial charge in [0.1, 0.15) is 18.1 Å². The number of halogens is 3. The Bertz CT molecular complexity index is 1110. The van der Waals surface area contributed by atoms with Crippen LogP contribution in [0.2, 0.25) is 0 Å². The van der Waals surface area contributed by atoms with E-state index in [2.05, 4.69) is 0 Å². The van der Waals surface area contributed by atoms with Crippen molar-refractivity contribution in [3.63, 3.8) is 0 Å². The molecule has 5 nitrogen and oxygen atoms in total. The van der Waals surface area contributed by atoms with Crippen LogP contribution >= 0.6 is 0 Å². The van der Waals surface area contributed by atoms with Gasteiger partial charge in [-0.3, -0.25) is 0 Å². The molecule has 0 unspecified atom stereocenters. The number of aromatic carboxylic acids is 1. The first-order valence-corrected chi connectivity index (χ1v) is 9.42. The van der Waals surface area contributed by atoms with Gasteiger partial charge in [-0.2, -0.15) is 13.2 Å². The summed E-state index contributed by atoms with van der Waals surface area (Å²) in [7, 11) is 1.45. The molecule has 0 bridgehead atoms. The van der Waals surface area contributed by atoms with Crippen LogP contribution in [0.25, 0.3) is 6.08 Å². The van der Waals surface area contributed by atoms with Crippen molar-refractivity contribution in [2.24, 2.45) is 0 Å². The van der Waals surface area contributed by atoms with Gasteiger partial charge in [0, 0.05) is 6.07 Å². The average molecular weight is 444 g/mol. The summed E-state index contributed by atoms with van der Waals surface area (Å²) in [6, 6.07) is 15.8. The third kappa shape index (κ3) is 6.04. The van der Waals surface area contributed by atoms with Crippen molar-refractivity contribution in [1.82, 2.24) is 0 Å². The molecule has 32 heavy (non-hydrogen) atoms. The van der Waals surface area contributed by atoms with Crippen LogP contribution in [-0.4, -0.2) is 24.8 Å². The molecule has 0 spiro atoms. The number of ether oxygens (including phenoxy) is 3. The largest absolute Gasteiger partial charge is 0.493 e. The number of hydrogen-bond donors (Lipinski definition) is 1. The van der Waals surface area contributed by atoms with Crippen molar-refractivity contribution in [1.29, 1.82) is 0 Å². The molecule has 8 heteroatoms. The molecular formula is C24H19F3O5. The Morgan fingerprint density at radius 1 is 0.969 bits per heavy atom. The van der Waals surface area contributed by atoms with E-state index in [1.807, 2.05) is 0 Å². The predicted molar refractivity (Wildman–Crippen MR) is 112 cm³/mol. The van der Waals surface area contributed by atoms with E-state index in [1.165, 1.54) is 37.4 Å². The molecule has 1 N–H and O–H groups in total. The second-order valence-corrected chi connectivity index (χ2v) is 6.58. The van der Waals surface area contributed by atoms with Crippen molar-refractivity contribution in [3.05, 3.63) is 89.5 Å². The molecule has 0 saturated carbocycles. The van der Waals surface area contributed by atoms with Gasteiger partial charge in [0.05, 0.1) is 18.2 Å². The van der Waals surface area contributed by atoms with E-state index >= 15 is 0 Å². The second kappa shape index (κ2) is 9.91. The molecule has 166 valence electrons. The topological polar surface area (TPSA) is 65.0 Å². The summed E-state index contributed by atoms with van der Waals surface area (Å²) in [6.45, 7) is 0.183. The maximum absolute atomic E-state index is 12.6. The number of carboxylic acids is 1. The maximum Gasteiger partial charge on any atom is 0.416 e. The summed E-state index contributed by atoms with van der Waals surface area (Å²) < 4.78 is 54.4. The summed E-state index contributed by atoms with van der Waals surface area (Å²) in [5.41, 5.74) is -0.0288. The van der Waals surface area contributed by atoms with Crippen molar-refractivity contribution in [2.75, 3.05) is 13.7 Å². The van der Waals surface area contributed by atoms with E-state index in [4.69, 9.17) is 19.3 Å². The fraction of sp³-hybridized carbons (Fsp3) is 0.125. The van der Waals surface area contributed by atoms with Crippen LogP contribution in [0.4, 0.5) is 13.2 Å². The van der Waals surface area contributed by atoms with Gasteiger partial charge in [0.2, 0.25) is 0 Å². The second-order valence-electron chi connectivity index (χ2n) is 6.58. The van der Waals surface area contributed by atoms with Crippen molar-refractivity contribution in [3.8, 4) is 23.0 Å². The van der Waals surface area contributed by atoms with E-state index < -0.39 is 17.7 Å². The number of methoxy groups -OCH3 is 1. The highest BCUT2D eigenvalue weighted by Crippen LogP contribution is 2.34. The summed E-state index contributed by atoms with van der Waals surface area (Å²) in [5, 5.41) is 9.16. The molecule has 0 saturated heterocycles. The number of hydrogen-bond acceptors (Lipinski definition) is 4. The number of benzene rings is 3. The standard InChI is InChI=1S/C24H19F3O5/c1-30-21-12-9-17(23(28)29)14-22(21)32-20-6-2-5-19(15-20)31-13-3-4-16-7-10-18(11-8-16)24(25,26)27/h2-12,14-15H,13H2,1H3,(H,28,29)/b4-3+. The Balaban J connectivity index is 1.63. The lowest BCUT2D eigenvalue weighted by atomic mass is 10.1. The normalized spacial score (nSPS) is 11.4. The van der Waals surface area contributed by atoms with Crippen LogP contribution in [0.1, 0.15) is 21.5 Å². The van der Waals surface area contributed by atoms with Gasteiger partial charge in [-0.25, -0.2) is 4.79 Å². The highest BCUT2D eigenvalue weighted by atomic mass is 19.4. The van der Waals surface area contributed by atoms with Crippen molar-refractivity contribution >= 4 is 12.0 Å². The molecular weight excluding hydrogens is 425 g/mol. The average Bonchev–Trinajstić information content (AvgIpc) is 2.76. The zero-order valence-electron chi connectivity index (χ0n) is 16.9. The van der Waals surface area contributed by atoms with Crippen LogP contribution in [-0.2, 0) is 6.18 Å². The molecule has 0 fully saturated rings. The van der Waals surface area contributed by atoms with Gasteiger partial charge in [-0.05, 0) is 54.1 Å². The fourth-order valence-electron chi connectivity index (χ4n) is 2.76. The van der Waals surface area contributed by atoms with Gasteiger partial charge in [0.15, 0.2) is 11.5 Å². The molecule has 0 aliphatic rings. The predicted octanol–water partition coefficient (Wildman–Crippen LogP) is 6.30. The Labute approximate surface area is 182 Å². The van der Waals surface area contributed by atoms with Gasteiger partial charge in [-0.15, -0.1) is 0 Å². The lowest BCUT2D eigenvalue weighted by Gasteiger charge is -2.12. The minimum atomic E-state index is -4.36. The highest BCUT2D eigenvalue weighted by molar-refractivity contribution is 5.88. The number of carbonyl (C=O) groups is 1. The zero-order chi connectivity index (χ0) is 23.1. The lowest BCUT2D eigenvalue weighted by Crippen LogP contribution is -2.03. The van der Waals surface area contributed by atoms with Crippen LogP contribution in [0.15, 0.2) is 72.8 Å². The van der Waals surface area contributed by atoms with Gasteiger partial charge in [-0.1, -0.05) is 24.3 Å². The summed E-state index contributed by atoms with van der Waals surface area (Å²) in [4.78, 5) is 11.2. The summed E-state index contributed by atoms with van der Waals surface area (Å²) in [5.74, 6) is 0.435. The van der Waals surface area contributed by atoms with E-state index in [1.54, 1.807) is 36.4 Å².